The molecule has 0 saturated carbocycles. The fourth-order valence-electron chi connectivity index (χ4n) is 2.29. The lowest BCUT2D eigenvalue weighted by atomic mass is 10.1. The van der Waals surface area contributed by atoms with Crippen LogP contribution < -0.4 is 5.32 Å². The van der Waals surface area contributed by atoms with Crippen LogP contribution in [0.15, 0.2) is 18.2 Å². The van der Waals surface area contributed by atoms with Crippen LogP contribution in [-0.4, -0.2) is 29.9 Å². The predicted molar refractivity (Wildman–Crippen MR) is 87.7 cm³/mol. The number of carbonyl (C=O) groups excluding carboxylic acids is 1. The van der Waals surface area contributed by atoms with E-state index in [4.69, 9.17) is 11.6 Å². The van der Waals surface area contributed by atoms with Crippen LogP contribution >= 0.6 is 34.2 Å². The molecular formula is C14H18ClIN2O. The normalized spacial score (nSPS) is 17.1. The van der Waals surface area contributed by atoms with Gasteiger partial charge in [-0.25, -0.2) is 0 Å². The number of rotatable bonds is 3. The molecule has 0 bridgehead atoms. The number of nitrogens with one attached hydrogen (secondary N) is 1. The zero-order chi connectivity index (χ0) is 13.8. The maximum Gasteiger partial charge on any atom is 0.244 e. The minimum absolute atomic E-state index is 0.161. The summed E-state index contributed by atoms with van der Waals surface area (Å²) in [6, 6.07) is 5.55. The van der Waals surface area contributed by atoms with Crippen LogP contribution in [0.2, 0.25) is 5.02 Å². The molecule has 19 heavy (non-hydrogen) atoms. The van der Waals surface area contributed by atoms with Crippen molar-refractivity contribution in [3.8, 4) is 0 Å². The van der Waals surface area contributed by atoms with E-state index >= 15 is 0 Å². The standard InChI is InChI=1S/C14H18ClIN2O/c1-10(14(19)18-7-3-2-4-8-18)17-13-6-5-11(16)9-12(13)15/h5-6,9-10,17H,2-4,7-8H2,1H3. The molecule has 0 aromatic heterocycles. The Bertz CT molecular complexity index is 461. The van der Waals surface area contributed by atoms with Gasteiger partial charge in [0.15, 0.2) is 0 Å². The number of anilines is 1. The lowest BCUT2D eigenvalue weighted by Crippen LogP contribution is -2.43. The first kappa shape index (κ1) is 14.9. The first-order valence-corrected chi connectivity index (χ1v) is 8.04. The van der Waals surface area contributed by atoms with Crippen LogP contribution in [0.5, 0.6) is 0 Å². The topological polar surface area (TPSA) is 32.3 Å². The molecule has 1 heterocycles. The van der Waals surface area contributed by atoms with Crippen LogP contribution in [0.1, 0.15) is 26.2 Å². The second-order valence-corrected chi connectivity index (χ2v) is 6.53. The number of hydrogen-bond donors (Lipinski definition) is 1. The average Bonchev–Trinajstić information content (AvgIpc) is 2.42. The van der Waals surface area contributed by atoms with E-state index in [9.17, 15) is 4.79 Å². The molecule has 1 aromatic rings. The number of benzene rings is 1. The van der Waals surface area contributed by atoms with Gasteiger partial charge in [0.05, 0.1) is 10.7 Å². The van der Waals surface area contributed by atoms with Gasteiger partial charge in [-0.05, 0) is 67.0 Å². The Morgan fingerprint density at radius 1 is 1.37 bits per heavy atom. The van der Waals surface area contributed by atoms with E-state index in [2.05, 4.69) is 27.9 Å². The lowest BCUT2D eigenvalue weighted by molar-refractivity contribution is -0.132. The molecule has 1 unspecified atom stereocenters. The van der Waals surface area contributed by atoms with E-state index in [1.54, 1.807) is 0 Å². The molecule has 3 nitrogen and oxygen atoms in total. The molecule has 5 heteroatoms. The second kappa shape index (κ2) is 6.79. The van der Waals surface area contributed by atoms with Gasteiger partial charge in [-0.3, -0.25) is 4.79 Å². The number of hydrogen-bond acceptors (Lipinski definition) is 2. The average molecular weight is 393 g/mol. The van der Waals surface area contributed by atoms with Gasteiger partial charge in [0, 0.05) is 16.7 Å². The summed E-state index contributed by atoms with van der Waals surface area (Å²) in [5.41, 5.74) is 0.819. The number of nitrogens with zero attached hydrogens (tertiary/aromatic N) is 1. The largest absolute Gasteiger partial charge is 0.373 e. The Kier molecular flexibility index (Phi) is 5.33. The first-order chi connectivity index (χ1) is 9.08. The van der Waals surface area contributed by atoms with Crippen LogP contribution in [0.25, 0.3) is 0 Å². The Hall–Kier alpha value is -0.490. The van der Waals surface area contributed by atoms with Crippen LogP contribution in [0, 0.1) is 3.57 Å². The molecule has 1 atom stereocenters. The molecule has 1 amide bonds. The smallest absolute Gasteiger partial charge is 0.244 e. The molecule has 1 saturated heterocycles. The van der Waals surface area contributed by atoms with E-state index in [1.807, 2.05) is 30.0 Å². The van der Waals surface area contributed by atoms with Crippen molar-refractivity contribution in [3.63, 3.8) is 0 Å². The molecule has 1 fully saturated rings. The van der Waals surface area contributed by atoms with E-state index in [0.29, 0.717) is 5.02 Å². The van der Waals surface area contributed by atoms with Gasteiger partial charge in [-0.2, -0.15) is 0 Å². The summed E-state index contributed by atoms with van der Waals surface area (Å²) < 4.78 is 1.09. The van der Waals surface area contributed by atoms with Gasteiger partial charge < -0.3 is 10.2 Å². The zero-order valence-corrected chi connectivity index (χ0v) is 13.9. The van der Waals surface area contributed by atoms with Gasteiger partial charge in [-0.1, -0.05) is 11.6 Å². The number of halogens is 2. The molecule has 0 radical (unpaired) electrons. The fraction of sp³-hybridized carbons (Fsp3) is 0.500. The van der Waals surface area contributed by atoms with Crippen molar-refractivity contribution in [2.45, 2.75) is 32.2 Å². The molecular weight excluding hydrogens is 375 g/mol. The van der Waals surface area contributed by atoms with Gasteiger partial charge in [0.2, 0.25) is 5.91 Å². The minimum Gasteiger partial charge on any atom is -0.373 e. The Balaban J connectivity index is 1.99. The van der Waals surface area contributed by atoms with Crippen LogP contribution in [-0.2, 0) is 4.79 Å². The highest BCUT2D eigenvalue weighted by molar-refractivity contribution is 14.1. The fourth-order valence-corrected chi connectivity index (χ4v) is 3.20. The van der Waals surface area contributed by atoms with Crippen molar-refractivity contribution in [2.24, 2.45) is 0 Å². The van der Waals surface area contributed by atoms with Gasteiger partial charge in [0.1, 0.15) is 6.04 Å². The highest BCUT2D eigenvalue weighted by Crippen LogP contribution is 2.24. The SMILES string of the molecule is CC(Nc1ccc(I)cc1Cl)C(=O)N1CCCCC1. The van der Waals surface area contributed by atoms with E-state index in [-0.39, 0.29) is 11.9 Å². The van der Waals surface area contributed by atoms with E-state index in [0.717, 1.165) is 35.2 Å². The summed E-state index contributed by atoms with van der Waals surface area (Å²) in [4.78, 5) is 14.2. The van der Waals surface area contributed by atoms with Crippen molar-refractivity contribution in [1.29, 1.82) is 0 Å². The third kappa shape index (κ3) is 3.99. The van der Waals surface area contributed by atoms with Crippen molar-refractivity contribution in [1.82, 2.24) is 4.90 Å². The maximum absolute atomic E-state index is 12.3. The molecule has 2 rings (SSSR count). The number of likely N-dealkylation sites (tertiary alicyclic amines) is 1. The van der Waals surface area contributed by atoms with E-state index < -0.39 is 0 Å². The molecule has 1 N–H and O–H groups in total. The summed E-state index contributed by atoms with van der Waals surface area (Å²) in [5, 5.41) is 3.87. The quantitative estimate of drug-likeness (QED) is 0.795. The molecule has 0 aliphatic carbocycles. The molecule has 1 aliphatic heterocycles. The van der Waals surface area contributed by atoms with Gasteiger partial charge in [0.25, 0.3) is 0 Å². The number of piperidine rings is 1. The Labute approximate surface area is 132 Å². The molecule has 104 valence electrons. The van der Waals surface area contributed by atoms with Crippen LogP contribution in [0.3, 0.4) is 0 Å². The summed E-state index contributed by atoms with van der Waals surface area (Å²) in [7, 11) is 0. The molecule has 1 aromatic carbocycles. The summed E-state index contributed by atoms with van der Waals surface area (Å²) in [6.45, 7) is 3.65. The highest BCUT2D eigenvalue weighted by atomic mass is 127. The molecule has 0 spiro atoms. The van der Waals surface area contributed by atoms with Crippen molar-refractivity contribution < 1.29 is 4.79 Å². The van der Waals surface area contributed by atoms with Gasteiger partial charge >= 0.3 is 0 Å². The third-order valence-electron chi connectivity index (χ3n) is 3.34. The summed E-state index contributed by atoms with van der Waals surface area (Å²) in [5.74, 6) is 0.161. The predicted octanol–water partition coefficient (Wildman–Crippen LogP) is 3.76. The van der Waals surface area contributed by atoms with Crippen molar-refractivity contribution >= 4 is 45.8 Å². The first-order valence-electron chi connectivity index (χ1n) is 6.58. The van der Waals surface area contributed by atoms with Crippen molar-refractivity contribution in [2.75, 3.05) is 18.4 Å². The Morgan fingerprint density at radius 3 is 2.68 bits per heavy atom. The number of amides is 1. The highest BCUT2D eigenvalue weighted by Gasteiger charge is 2.22. The maximum atomic E-state index is 12.3. The Morgan fingerprint density at radius 2 is 2.05 bits per heavy atom. The zero-order valence-electron chi connectivity index (χ0n) is 11.0. The molecule has 1 aliphatic rings. The lowest BCUT2D eigenvalue weighted by Gasteiger charge is -2.29. The summed E-state index contributed by atoms with van der Waals surface area (Å²) in [6.07, 6.45) is 3.46. The second-order valence-electron chi connectivity index (χ2n) is 4.88. The number of carbonyl (C=O) groups is 1. The summed E-state index contributed by atoms with van der Waals surface area (Å²) >= 11 is 8.39. The van der Waals surface area contributed by atoms with E-state index in [1.165, 1.54) is 6.42 Å². The van der Waals surface area contributed by atoms with Crippen LogP contribution in [0.4, 0.5) is 5.69 Å². The van der Waals surface area contributed by atoms with Gasteiger partial charge in [-0.15, -0.1) is 0 Å². The monoisotopic (exact) mass is 392 g/mol. The third-order valence-corrected chi connectivity index (χ3v) is 4.33. The van der Waals surface area contributed by atoms with Crippen molar-refractivity contribution in [3.05, 3.63) is 26.8 Å². The minimum atomic E-state index is -0.240.